The minimum atomic E-state index is -3.95. The van der Waals surface area contributed by atoms with Crippen LogP contribution in [0, 0.1) is 0 Å². The Morgan fingerprint density at radius 2 is 2.10 bits per heavy atom. The summed E-state index contributed by atoms with van der Waals surface area (Å²) in [6.45, 7) is 4.03. The van der Waals surface area contributed by atoms with Gasteiger partial charge in [0, 0.05) is 11.1 Å². The molecule has 1 fully saturated rings. The van der Waals surface area contributed by atoms with Gasteiger partial charge < -0.3 is 10.1 Å². The highest BCUT2D eigenvalue weighted by atomic mass is 32.2. The Hall–Kier alpha value is -1.60. The monoisotopic (exact) mass is 312 g/mol. The molecule has 1 saturated carbocycles. The molecule has 116 valence electrons. The summed E-state index contributed by atoms with van der Waals surface area (Å²) in [7, 11) is -3.95. The van der Waals surface area contributed by atoms with Crippen molar-refractivity contribution >= 4 is 15.9 Å². The third kappa shape index (κ3) is 3.54. The lowest BCUT2D eigenvalue weighted by Crippen LogP contribution is -2.50. The van der Waals surface area contributed by atoms with Crippen LogP contribution in [0.1, 0.15) is 43.5 Å². The largest absolute Gasteiger partial charge is 0.492 e. The van der Waals surface area contributed by atoms with Crippen LogP contribution in [-0.2, 0) is 10.0 Å². The number of carbonyl (C=O) groups excluding carboxylic acids is 1. The minimum Gasteiger partial charge on any atom is -0.492 e. The molecule has 0 bridgehead atoms. The summed E-state index contributed by atoms with van der Waals surface area (Å²) in [5, 5.41) is 8.11. The number of hydrogen-bond donors (Lipinski definition) is 2. The molecule has 0 saturated heterocycles. The van der Waals surface area contributed by atoms with Crippen molar-refractivity contribution in [2.75, 3.05) is 6.61 Å². The van der Waals surface area contributed by atoms with Gasteiger partial charge in [0.1, 0.15) is 10.6 Å². The van der Waals surface area contributed by atoms with Crippen LogP contribution in [-0.4, -0.2) is 26.5 Å². The average molecular weight is 312 g/mol. The first-order chi connectivity index (χ1) is 9.75. The Morgan fingerprint density at radius 3 is 2.57 bits per heavy atom. The van der Waals surface area contributed by atoms with Crippen LogP contribution in [0.4, 0.5) is 0 Å². The molecule has 1 aromatic rings. The predicted octanol–water partition coefficient (Wildman–Crippen LogP) is 1.41. The van der Waals surface area contributed by atoms with E-state index in [1.54, 1.807) is 6.92 Å². The van der Waals surface area contributed by atoms with Crippen LogP contribution in [0.3, 0.4) is 0 Å². The van der Waals surface area contributed by atoms with E-state index in [2.05, 4.69) is 5.32 Å². The second-order valence-corrected chi connectivity index (χ2v) is 7.04. The topological polar surface area (TPSA) is 98.5 Å². The van der Waals surface area contributed by atoms with Gasteiger partial charge in [0.25, 0.3) is 5.91 Å². The van der Waals surface area contributed by atoms with E-state index in [-0.39, 0.29) is 27.7 Å². The zero-order valence-electron chi connectivity index (χ0n) is 12.2. The molecule has 0 spiro atoms. The first-order valence-corrected chi connectivity index (χ1v) is 8.42. The quantitative estimate of drug-likeness (QED) is 0.858. The molecule has 3 N–H and O–H groups in total. The van der Waals surface area contributed by atoms with Crippen molar-refractivity contribution in [1.29, 1.82) is 0 Å². The van der Waals surface area contributed by atoms with E-state index < -0.39 is 10.0 Å². The van der Waals surface area contributed by atoms with Gasteiger partial charge in [-0.3, -0.25) is 4.79 Å². The van der Waals surface area contributed by atoms with Crippen molar-refractivity contribution in [2.45, 2.75) is 43.5 Å². The summed E-state index contributed by atoms with van der Waals surface area (Å²) in [4.78, 5) is 12.0. The zero-order chi connectivity index (χ0) is 15.7. The molecule has 0 radical (unpaired) electrons. The van der Waals surface area contributed by atoms with Crippen LogP contribution in [0.25, 0.3) is 0 Å². The van der Waals surface area contributed by atoms with Gasteiger partial charge in [0.15, 0.2) is 0 Å². The zero-order valence-corrected chi connectivity index (χ0v) is 13.0. The lowest BCUT2D eigenvalue weighted by atomic mass is 9.78. The summed E-state index contributed by atoms with van der Waals surface area (Å²) in [6.07, 6.45) is 2.94. The van der Waals surface area contributed by atoms with Crippen LogP contribution in [0.2, 0.25) is 0 Å². The number of nitrogens with two attached hydrogens (primary N) is 1. The van der Waals surface area contributed by atoms with Crippen LogP contribution < -0.4 is 15.2 Å². The van der Waals surface area contributed by atoms with E-state index in [0.717, 1.165) is 19.3 Å². The molecule has 1 aliphatic carbocycles. The molecule has 0 heterocycles. The van der Waals surface area contributed by atoms with Crippen molar-refractivity contribution in [1.82, 2.24) is 5.32 Å². The fourth-order valence-electron chi connectivity index (χ4n) is 2.32. The number of benzene rings is 1. The number of rotatable bonds is 5. The molecule has 0 unspecified atom stereocenters. The highest BCUT2D eigenvalue weighted by molar-refractivity contribution is 7.89. The Bertz CT molecular complexity index is 651. The Labute approximate surface area is 124 Å². The first-order valence-electron chi connectivity index (χ1n) is 6.87. The second kappa shape index (κ2) is 5.65. The molecule has 1 amide bonds. The van der Waals surface area contributed by atoms with Crippen LogP contribution >= 0.6 is 0 Å². The summed E-state index contributed by atoms with van der Waals surface area (Å²) in [6, 6.07) is 4.26. The van der Waals surface area contributed by atoms with E-state index >= 15 is 0 Å². The molecule has 7 heteroatoms. The van der Waals surface area contributed by atoms with E-state index in [4.69, 9.17) is 9.88 Å². The molecular weight excluding hydrogens is 292 g/mol. The normalized spacial score (nSPS) is 16.9. The molecule has 1 aliphatic rings. The Morgan fingerprint density at radius 1 is 1.43 bits per heavy atom. The van der Waals surface area contributed by atoms with Gasteiger partial charge in [0.2, 0.25) is 10.0 Å². The van der Waals surface area contributed by atoms with Crippen molar-refractivity contribution in [3.05, 3.63) is 23.8 Å². The van der Waals surface area contributed by atoms with Gasteiger partial charge in [-0.2, -0.15) is 0 Å². The lowest BCUT2D eigenvalue weighted by Gasteiger charge is -2.39. The number of amides is 1. The summed E-state index contributed by atoms with van der Waals surface area (Å²) in [5.41, 5.74) is 0.0628. The van der Waals surface area contributed by atoms with E-state index in [1.807, 2.05) is 6.92 Å². The molecular formula is C14H20N2O4S. The van der Waals surface area contributed by atoms with E-state index in [0.29, 0.717) is 6.61 Å². The highest BCUT2D eigenvalue weighted by Crippen LogP contribution is 2.31. The van der Waals surface area contributed by atoms with Gasteiger partial charge in [-0.05, 0) is 51.3 Å². The molecule has 6 nitrogen and oxygen atoms in total. The SMILES string of the molecule is CCOc1ccc(C(=O)NC2(C)CCC2)cc1S(N)(=O)=O. The van der Waals surface area contributed by atoms with Crippen molar-refractivity contribution in [3.8, 4) is 5.75 Å². The number of hydrogen-bond acceptors (Lipinski definition) is 4. The van der Waals surface area contributed by atoms with Crippen molar-refractivity contribution in [3.63, 3.8) is 0 Å². The fourth-order valence-corrected chi connectivity index (χ4v) is 3.02. The number of primary sulfonamides is 1. The maximum absolute atomic E-state index is 12.2. The van der Waals surface area contributed by atoms with Crippen LogP contribution in [0.5, 0.6) is 5.75 Å². The maximum Gasteiger partial charge on any atom is 0.251 e. The van der Waals surface area contributed by atoms with Gasteiger partial charge in [-0.15, -0.1) is 0 Å². The third-order valence-electron chi connectivity index (χ3n) is 3.68. The lowest BCUT2D eigenvalue weighted by molar-refractivity contribution is 0.0850. The number of sulfonamides is 1. The molecule has 2 rings (SSSR count). The van der Waals surface area contributed by atoms with Gasteiger partial charge in [-0.1, -0.05) is 0 Å². The standard InChI is InChI=1S/C14H20N2O4S/c1-3-20-11-6-5-10(9-12(11)21(15,18)19)13(17)16-14(2)7-4-8-14/h5-6,9H,3-4,7-8H2,1-2H3,(H,16,17)(H2,15,18,19). The van der Waals surface area contributed by atoms with Gasteiger partial charge >= 0.3 is 0 Å². The third-order valence-corrected chi connectivity index (χ3v) is 4.62. The highest BCUT2D eigenvalue weighted by Gasteiger charge is 2.33. The average Bonchev–Trinajstić information content (AvgIpc) is 2.36. The van der Waals surface area contributed by atoms with E-state index in [9.17, 15) is 13.2 Å². The molecule has 1 aromatic carbocycles. The molecule has 21 heavy (non-hydrogen) atoms. The van der Waals surface area contributed by atoms with Gasteiger partial charge in [-0.25, -0.2) is 13.6 Å². The number of carbonyl (C=O) groups is 1. The van der Waals surface area contributed by atoms with E-state index in [1.165, 1.54) is 18.2 Å². The number of nitrogens with one attached hydrogen (secondary N) is 1. The first kappa shape index (κ1) is 15.8. The number of ether oxygens (including phenoxy) is 1. The van der Waals surface area contributed by atoms with Crippen molar-refractivity contribution < 1.29 is 17.9 Å². The van der Waals surface area contributed by atoms with Crippen molar-refractivity contribution in [2.24, 2.45) is 5.14 Å². The van der Waals surface area contributed by atoms with Crippen LogP contribution in [0.15, 0.2) is 23.1 Å². The summed E-state index contributed by atoms with van der Waals surface area (Å²) in [5.74, 6) is -0.142. The minimum absolute atomic E-state index is 0.159. The fraction of sp³-hybridized carbons (Fsp3) is 0.500. The predicted molar refractivity (Wildman–Crippen MR) is 78.7 cm³/mol. The molecule has 0 aliphatic heterocycles. The maximum atomic E-state index is 12.2. The Kier molecular flexibility index (Phi) is 4.25. The smallest absolute Gasteiger partial charge is 0.251 e. The Balaban J connectivity index is 2.31. The van der Waals surface area contributed by atoms with Gasteiger partial charge in [0.05, 0.1) is 6.61 Å². The second-order valence-electron chi connectivity index (χ2n) is 5.51. The molecule has 0 aromatic heterocycles. The summed E-state index contributed by atoms with van der Waals surface area (Å²) < 4.78 is 28.5. The summed E-state index contributed by atoms with van der Waals surface area (Å²) >= 11 is 0. The molecule has 0 atom stereocenters.